The third kappa shape index (κ3) is 4.88. The summed E-state index contributed by atoms with van der Waals surface area (Å²) < 4.78 is 5.22. The number of pyridine rings is 1. The molecule has 0 aliphatic carbocycles. The average Bonchev–Trinajstić information content (AvgIpc) is 2.75. The van der Waals surface area contributed by atoms with E-state index in [1.165, 1.54) is 0 Å². The standard InChI is InChI=1S/C23H25N3O2/c1-3-26(19-9-5-4-6-10-19)20-12-13-22(25-17-20)23(27)24-15-14-18-8-7-11-21(16-18)28-2/h4-13,16-17H,3,14-15H2,1-2H3,(H,24,27). The minimum absolute atomic E-state index is 0.169. The number of aromatic nitrogens is 1. The second kappa shape index (κ2) is 9.55. The molecule has 0 bridgehead atoms. The molecule has 1 amide bonds. The van der Waals surface area contributed by atoms with Crippen LogP contribution in [0, 0.1) is 0 Å². The summed E-state index contributed by atoms with van der Waals surface area (Å²) in [7, 11) is 1.65. The minimum atomic E-state index is -0.169. The van der Waals surface area contributed by atoms with Gasteiger partial charge in [-0.05, 0) is 55.3 Å². The third-order valence-electron chi connectivity index (χ3n) is 4.51. The van der Waals surface area contributed by atoms with Crippen LogP contribution in [-0.2, 0) is 6.42 Å². The van der Waals surface area contributed by atoms with Crippen molar-refractivity contribution in [2.24, 2.45) is 0 Å². The Morgan fingerprint density at radius 3 is 2.54 bits per heavy atom. The van der Waals surface area contributed by atoms with Gasteiger partial charge in [0.2, 0.25) is 0 Å². The van der Waals surface area contributed by atoms with Crippen LogP contribution >= 0.6 is 0 Å². The predicted molar refractivity (Wildman–Crippen MR) is 112 cm³/mol. The molecule has 0 atom stereocenters. The second-order valence-corrected chi connectivity index (χ2v) is 6.34. The number of rotatable bonds is 8. The molecule has 2 aromatic carbocycles. The fourth-order valence-corrected chi connectivity index (χ4v) is 3.04. The lowest BCUT2D eigenvalue weighted by Gasteiger charge is -2.22. The first-order valence-corrected chi connectivity index (χ1v) is 9.41. The van der Waals surface area contributed by atoms with Crippen LogP contribution in [0.25, 0.3) is 0 Å². The van der Waals surface area contributed by atoms with Gasteiger partial charge in [0.1, 0.15) is 11.4 Å². The molecular weight excluding hydrogens is 350 g/mol. The molecule has 1 heterocycles. The van der Waals surface area contributed by atoms with E-state index in [9.17, 15) is 4.79 Å². The predicted octanol–water partition coefficient (Wildman–Crippen LogP) is 4.22. The highest BCUT2D eigenvalue weighted by atomic mass is 16.5. The highest BCUT2D eigenvalue weighted by Crippen LogP contribution is 2.24. The van der Waals surface area contributed by atoms with Gasteiger partial charge in [0, 0.05) is 18.8 Å². The normalized spacial score (nSPS) is 10.4. The molecule has 5 nitrogen and oxygen atoms in total. The maximum absolute atomic E-state index is 12.4. The van der Waals surface area contributed by atoms with E-state index in [-0.39, 0.29) is 5.91 Å². The van der Waals surface area contributed by atoms with Crippen LogP contribution in [0.3, 0.4) is 0 Å². The summed E-state index contributed by atoms with van der Waals surface area (Å²) in [4.78, 5) is 18.9. The zero-order valence-electron chi connectivity index (χ0n) is 16.3. The smallest absolute Gasteiger partial charge is 0.269 e. The molecule has 5 heteroatoms. The maximum Gasteiger partial charge on any atom is 0.269 e. The maximum atomic E-state index is 12.4. The monoisotopic (exact) mass is 375 g/mol. The van der Waals surface area contributed by atoms with Crippen molar-refractivity contribution >= 4 is 17.3 Å². The fraction of sp³-hybridized carbons (Fsp3) is 0.217. The van der Waals surface area contributed by atoms with Gasteiger partial charge < -0.3 is 15.0 Å². The number of hydrogen-bond acceptors (Lipinski definition) is 4. The summed E-state index contributed by atoms with van der Waals surface area (Å²) in [6, 6.07) is 21.7. The van der Waals surface area contributed by atoms with Crippen molar-refractivity contribution in [2.45, 2.75) is 13.3 Å². The number of para-hydroxylation sites is 1. The Morgan fingerprint density at radius 2 is 1.86 bits per heavy atom. The lowest BCUT2D eigenvalue weighted by Crippen LogP contribution is -2.26. The molecule has 0 fully saturated rings. The number of carbonyl (C=O) groups excluding carboxylic acids is 1. The van der Waals surface area contributed by atoms with Crippen LogP contribution in [0.1, 0.15) is 23.0 Å². The molecule has 1 N–H and O–H groups in total. The molecule has 0 radical (unpaired) electrons. The first kappa shape index (κ1) is 19.4. The Labute approximate surface area is 166 Å². The van der Waals surface area contributed by atoms with Gasteiger partial charge in [0.05, 0.1) is 19.0 Å². The number of ether oxygens (including phenoxy) is 1. The molecule has 0 aliphatic heterocycles. The molecule has 0 aliphatic rings. The summed E-state index contributed by atoms with van der Waals surface area (Å²) in [6.45, 7) is 3.45. The van der Waals surface area contributed by atoms with Crippen LogP contribution < -0.4 is 15.0 Å². The molecule has 0 unspecified atom stereocenters. The van der Waals surface area contributed by atoms with Crippen LogP contribution in [0.4, 0.5) is 11.4 Å². The number of methoxy groups -OCH3 is 1. The summed E-state index contributed by atoms with van der Waals surface area (Å²) in [5.41, 5.74) is 3.59. The zero-order valence-corrected chi connectivity index (χ0v) is 16.3. The molecule has 28 heavy (non-hydrogen) atoms. The quantitative estimate of drug-likeness (QED) is 0.640. The Kier molecular flexibility index (Phi) is 6.63. The Hall–Kier alpha value is -3.34. The Balaban J connectivity index is 1.58. The van der Waals surface area contributed by atoms with E-state index in [1.807, 2.05) is 48.5 Å². The van der Waals surface area contributed by atoms with Gasteiger partial charge >= 0.3 is 0 Å². The van der Waals surface area contributed by atoms with Gasteiger partial charge in [0.15, 0.2) is 0 Å². The van der Waals surface area contributed by atoms with Crippen molar-refractivity contribution in [1.29, 1.82) is 0 Å². The van der Waals surface area contributed by atoms with E-state index >= 15 is 0 Å². The fourth-order valence-electron chi connectivity index (χ4n) is 3.04. The van der Waals surface area contributed by atoms with Gasteiger partial charge in [-0.1, -0.05) is 30.3 Å². The molecule has 0 saturated carbocycles. The molecule has 3 aromatic rings. The lowest BCUT2D eigenvalue weighted by molar-refractivity contribution is 0.0949. The van der Waals surface area contributed by atoms with E-state index in [1.54, 1.807) is 19.4 Å². The molecule has 0 spiro atoms. The van der Waals surface area contributed by atoms with Crippen molar-refractivity contribution in [1.82, 2.24) is 10.3 Å². The first-order valence-electron chi connectivity index (χ1n) is 9.41. The summed E-state index contributed by atoms with van der Waals surface area (Å²) >= 11 is 0. The topological polar surface area (TPSA) is 54.5 Å². The summed E-state index contributed by atoms with van der Waals surface area (Å²) in [5.74, 6) is 0.650. The van der Waals surface area contributed by atoms with Gasteiger partial charge in [-0.25, -0.2) is 4.98 Å². The molecule has 0 saturated heterocycles. The first-order chi connectivity index (χ1) is 13.7. The number of anilines is 2. The van der Waals surface area contributed by atoms with Gasteiger partial charge in [0.25, 0.3) is 5.91 Å². The number of hydrogen-bond donors (Lipinski definition) is 1. The van der Waals surface area contributed by atoms with Crippen molar-refractivity contribution in [3.8, 4) is 5.75 Å². The van der Waals surface area contributed by atoms with Crippen molar-refractivity contribution in [2.75, 3.05) is 25.1 Å². The van der Waals surface area contributed by atoms with Crippen LogP contribution in [-0.4, -0.2) is 31.1 Å². The SMILES string of the molecule is CCN(c1ccccc1)c1ccc(C(=O)NCCc2cccc(OC)c2)nc1. The van der Waals surface area contributed by atoms with E-state index in [2.05, 4.69) is 34.3 Å². The number of amides is 1. The number of carbonyl (C=O) groups is 1. The van der Waals surface area contributed by atoms with E-state index in [4.69, 9.17) is 4.74 Å². The molecule has 1 aromatic heterocycles. The summed E-state index contributed by atoms with van der Waals surface area (Å²) in [5, 5.41) is 2.92. The highest BCUT2D eigenvalue weighted by molar-refractivity contribution is 5.92. The van der Waals surface area contributed by atoms with E-state index in [0.717, 1.165) is 35.7 Å². The van der Waals surface area contributed by atoms with Crippen molar-refractivity contribution in [3.63, 3.8) is 0 Å². The zero-order chi connectivity index (χ0) is 19.8. The van der Waals surface area contributed by atoms with Crippen LogP contribution in [0.5, 0.6) is 5.75 Å². The largest absolute Gasteiger partial charge is 0.497 e. The third-order valence-corrected chi connectivity index (χ3v) is 4.51. The number of nitrogens with one attached hydrogen (secondary N) is 1. The minimum Gasteiger partial charge on any atom is -0.497 e. The van der Waals surface area contributed by atoms with Crippen molar-refractivity contribution in [3.05, 3.63) is 84.2 Å². The number of nitrogens with zero attached hydrogens (tertiary/aromatic N) is 2. The Morgan fingerprint density at radius 1 is 1.04 bits per heavy atom. The second-order valence-electron chi connectivity index (χ2n) is 6.34. The molecule has 144 valence electrons. The van der Waals surface area contributed by atoms with Crippen LogP contribution in [0.2, 0.25) is 0 Å². The summed E-state index contributed by atoms with van der Waals surface area (Å²) in [6.07, 6.45) is 2.48. The Bertz CT molecular complexity index is 895. The van der Waals surface area contributed by atoms with E-state index < -0.39 is 0 Å². The van der Waals surface area contributed by atoms with Gasteiger partial charge in [-0.15, -0.1) is 0 Å². The van der Waals surface area contributed by atoms with Gasteiger partial charge in [-0.2, -0.15) is 0 Å². The number of benzene rings is 2. The highest BCUT2D eigenvalue weighted by Gasteiger charge is 2.10. The molecule has 3 rings (SSSR count). The van der Waals surface area contributed by atoms with E-state index in [0.29, 0.717) is 12.2 Å². The van der Waals surface area contributed by atoms with Crippen LogP contribution in [0.15, 0.2) is 72.9 Å². The van der Waals surface area contributed by atoms with Gasteiger partial charge in [-0.3, -0.25) is 4.79 Å². The lowest BCUT2D eigenvalue weighted by atomic mass is 10.1. The molecular formula is C23H25N3O2. The average molecular weight is 375 g/mol. The van der Waals surface area contributed by atoms with Crippen molar-refractivity contribution < 1.29 is 9.53 Å².